The van der Waals surface area contributed by atoms with E-state index in [1.165, 1.54) is 6.92 Å². The number of aliphatic hydroxyl groups is 9. The third-order valence-electron chi connectivity index (χ3n) is 15.0. The number of fused-ring (bicyclic) bond motifs is 3. The average molecular weight is 789 g/mol. The number of carboxylic acids is 1. The maximum Gasteiger partial charge on any atom is 0.309 e. The highest BCUT2D eigenvalue weighted by atomic mass is 16.8. The molecule has 3 saturated heterocycles. The molecule has 10 N–H and O–H groups in total. The van der Waals surface area contributed by atoms with Gasteiger partial charge in [-0.25, -0.2) is 0 Å². The van der Waals surface area contributed by atoms with Crippen molar-refractivity contribution in [2.24, 2.45) is 28.1 Å². The molecule has 314 valence electrons. The van der Waals surface area contributed by atoms with Crippen LogP contribution in [0.3, 0.4) is 0 Å². The molecule has 21 atom stereocenters. The van der Waals surface area contributed by atoms with Crippen LogP contribution in [0.2, 0.25) is 0 Å². The highest BCUT2D eigenvalue weighted by Crippen LogP contribution is 2.73. The summed E-state index contributed by atoms with van der Waals surface area (Å²) in [4.78, 5) is 12.7. The first kappa shape index (κ1) is 41.8. The van der Waals surface area contributed by atoms with Gasteiger partial charge in [-0.1, -0.05) is 19.9 Å². The van der Waals surface area contributed by atoms with Gasteiger partial charge in [0.2, 0.25) is 0 Å². The van der Waals surface area contributed by atoms with Gasteiger partial charge < -0.3 is 79.5 Å². The molecule has 3 aliphatic heterocycles. The Morgan fingerprint density at radius 3 is 1.96 bits per heavy atom. The van der Waals surface area contributed by atoms with E-state index >= 15 is 0 Å². The number of aliphatic hydroxyl groups excluding tert-OH is 9. The van der Waals surface area contributed by atoms with Crippen LogP contribution in [0.25, 0.3) is 0 Å². The second-order valence-electron chi connectivity index (χ2n) is 18.0. The van der Waals surface area contributed by atoms with Gasteiger partial charge in [-0.15, -0.1) is 0 Å². The lowest BCUT2D eigenvalue weighted by atomic mass is 9.41. The molecule has 17 heteroatoms. The van der Waals surface area contributed by atoms with Crippen molar-refractivity contribution >= 4 is 5.97 Å². The number of ether oxygens (including phenoxy) is 6. The summed E-state index contributed by atoms with van der Waals surface area (Å²) < 4.78 is 36.9. The van der Waals surface area contributed by atoms with Crippen molar-refractivity contribution in [2.45, 2.75) is 176 Å². The molecule has 0 aromatic rings. The maximum absolute atomic E-state index is 12.7. The number of aliphatic carboxylic acids is 1. The number of carboxylic acid groups (broad SMARTS) is 1. The molecule has 0 aromatic carbocycles. The second kappa shape index (κ2) is 15.0. The monoisotopic (exact) mass is 788 g/mol. The lowest BCUT2D eigenvalue weighted by Crippen LogP contribution is -2.67. The molecule has 0 radical (unpaired) electrons. The lowest BCUT2D eigenvalue weighted by molar-refractivity contribution is -0.398. The van der Waals surface area contributed by atoms with Crippen LogP contribution in [0.5, 0.6) is 0 Å². The third-order valence-corrected chi connectivity index (χ3v) is 15.0. The van der Waals surface area contributed by atoms with E-state index in [4.69, 9.17) is 28.4 Å². The molecular formula is C38H60O17. The summed E-state index contributed by atoms with van der Waals surface area (Å²) >= 11 is 0. The van der Waals surface area contributed by atoms with Crippen LogP contribution in [0.4, 0.5) is 0 Å². The zero-order valence-electron chi connectivity index (χ0n) is 31.6. The van der Waals surface area contributed by atoms with E-state index in [-0.39, 0.29) is 22.7 Å². The van der Waals surface area contributed by atoms with Gasteiger partial charge >= 0.3 is 5.97 Å². The normalized spacial score (nSPS) is 55.4. The quantitative estimate of drug-likeness (QED) is 0.0956. The Labute approximate surface area is 319 Å². The molecule has 3 heterocycles. The first-order chi connectivity index (χ1) is 25.9. The van der Waals surface area contributed by atoms with Gasteiger partial charge in [-0.3, -0.25) is 4.79 Å². The van der Waals surface area contributed by atoms with Crippen LogP contribution < -0.4 is 0 Å². The van der Waals surface area contributed by atoms with Crippen molar-refractivity contribution in [1.29, 1.82) is 0 Å². The van der Waals surface area contributed by atoms with Crippen molar-refractivity contribution in [3.63, 3.8) is 0 Å². The standard InChI is InChI=1S/C38H60O17/c1-16-12-37-10-6-20-35(3,8-5-9-36(20,4)34(48)49)21(37)7-11-38(16,15-37)55-33-30(54-31-27(46)25(44)22(41)17(2)50-31)29(24(43)19(14-40)52-33)53-32-28(47)26(45)23(42)18(13-39)51-32/h17-33,39-47H,1,5-15H2,2-4H3,(H,48,49)/t17?,18?,19?,20?,21-,22-,23+,24+,25-,26-,27?,28?,29-,30?,31-,32-,33-,35+,36+,37+,38?/m0/s1. The van der Waals surface area contributed by atoms with Gasteiger partial charge in [-0.2, -0.15) is 0 Å². The highest BCUT2D eigenvalue weighted by Gasteiger charge is 2.69. The molecule has 0 amide bonds. The number of hydrogen-bond donors (Lipinski definition) is 10. The molecule has 7 fully saturated rings. The van der Waals surface area contributed by atoms with Crippen LogP contribution in [0, 0.1) is 28.1 Å². The molecule has 7 aliphatic rings. The Kier molecular flexibility index (Phi) is 11.4. The van der Waals surface area contributed by atoms with Crippen molar-refractivity contribution < 1.29 is 84.3 Å². The van der Waals surface area contributed by atoms with Crippen LogP contribution >= 0.6 is 0 Å². The van der Waals surface area contributed by atoms with Gasteiger partial charge in [0.15, 0.2) is 18.9 Å². The van der Waals surface area contributed by atoms with Gasteiger partial charge in [0, 0.05) is 0 Å². The molecule has 4 aliphatic carbocycles. The minimum atomic E-state index is -1.88. The van der Waals surface area contributed by atoms with Crippen LogP contribution in [-0.4, -0.2) is 168 Å². The third kappa shape index (κ3) is 6.63. The zero-order valence-corrected chi connectivity index (χ0v) is 31.6. The van der Waals surface area contributed by atoms with Crippen LogP contribution in [-0.2, 0) is 33.2 Å². The fourth-order valence-electron chi connectivity index (χ4n) is 12.0. The molecule has 8 unspecified atom stereocenters. The Morgan fingerprint density at radius 2 is 1.31 bits per heavy atom. The van der Waals surface area contributed by atoms with Gasteiger partial charge in [0.1, 0.15) is 67.1 Å². The minimum Gasteiger partial charge on any atom is -0.481 e. The maximum atomic E-state index is 12.7. The second-order valence-corrected chi connectivity index (χ2v) is 18.0. The summed E-state index contributed by atoms with van der Waals surface area (Å²) in [5, 5.41) is 106. The van der Waals surface area contributed by atoms with E-state index in [9.17, 15) is 55.9 Å². The van der Waals surface area contributed by atoms with E-state index < -0.39 is 122 Å². The Bertz CT molecular complexity index is 1430. The predicted molar refractivity (Wildman–Crippen MR) is 185 cm³/mol. The van der Waals surface area contributed by atoms with E-state index in [1.54, 1.807) is 0 Å². The molecule has 55 heavy (non-hydrogen) atoms. The summed E-state index contributed by atoms with van der Waals surface area (Å²) in [5.41, 5.74) is -1.49. The first-order valence-corrected chi connectivity index (χ1v) is 19.7. The fourth-order valence-corrected chi connectivity index (χ4v) is 12.0. The largest absolute Gasteiger partial charge is 0.481 e. The molecular weight excluding hydrogens is 728 g/mol. The molecule has 2 bridgehead atoms. The SMILES string of the molecule is C=C1C[C@@]23CCC4[C@](C)(C(=O)O)CCC[C@@]4(C)[C@@H]2CCC1(O[C@@H]1OC(CO)[C@@H](O)[C@H](O[C@@H]2OC(CO)[C@@H](O)[C@H](O)C2O)C1O[C@@H]1OC(C)[C@H](O)[C@H](O)C1O)C3. The number of carbonyl (C=O) groups is 1. The van der Waals surface area contributed by atoms with Gasteiger partial charge in [-0.05, 0) is 93.5 Å². The van der Waals surface area contributed by atoms with Crippen LogP contribution in [0.1, 0.15) is 78.6 Å². The fraction of sp³-hybridized carbons (Fsp3) is 0.921. The predicted octanol–water partition coefficient (Wildman–Crippen LogP) is -1.34. The summed E-state index contributed by atoms with van der Waals surface area (Å²) in [6.07, 6.45) is -17.6. The molecule has 1 spiro atoms. The van der Waals surface area contributed by atoms with E-state index in [0.717, 1.165) is 31.3 Å². The lowest BCUT2D eigenvalue weighted by Gasteiger charge is -2.64. The van der Waals surface area contributed by atoms with E-state index in [2.05, 4.69) is 13.5 Å². The molecule has 0 aromatic heterocycles. The molecule has 4 saturated carbocycles. The van der Waals surface area contributed by atoms with E-state index in [0.29, 0.717) is 32.1 Å². The highest BCUT2D eigenvalue weighted by molar-refractivity contribution is 5.75. The molecule has 17 nitrogen and oxygen atoms in total. The Balaban J connectivity index is 1.21. The summed E-state index contributed by atoms with van der Waals surface area (Å²) in [6.45, 7) is 8.61. The Morgan fingerprint density at radius 1 is 0.727 bits per heavy atom. The first-order valence-electron chi connectivity index (χ1n) is 19.7. The summed E-state index contributed by atoms with van der Waals surface area (Å²) in [5.74, 6) is -0.551. The van der Waals surface area contributed by atoms with E-state index in [1.807, 2.05) is 6.92 Å². The molecule has 7 rings (SSSR count). The number of rotatable bonds is 9. The van der Waals surface area contributed by atoms with Crippen molar-refractivity contribution in [2.75, 3.05) is 13.2 Å². The van der Waals surface area contributed by atoms with Crippen molar-refractivity contribution in [3.05, 3.63) is 12.2 Å². The number of hydrogen-bond acceptors (Lipinski definition) is 16. The summed E-state index contributed by atoms with van der Waals surface area (Å²) in [6, 6.07) is 0. The zero-order chi connectivity index (χ0) is 40.0. The van der Waals surface area contributed by atoms with Gasteiger partial charge in [0.25, 0.3) is 0 Å². The van der Waals surface area contributed by atoms with Crippen LogP contribution in [0.15, 0.2) is 12.2 Å². The topological polar surface area (TPSA) is 275 Å². The summed E-state index contributed by atoms with van der Waals surface area (Å²) in [7, 11) is 0. The minimum absolute atomic E-state index is 0.00826. The Hall–Kier alpha value is -1.39. The average Bonchev–Trinajstić information content (AvgIpc) is 3.34. The van der Waals surface area contributed by atoms with Gasteiger partial charge in [0.05, 0.1) is 30.3 Å². The van der Waals surface area contributed by atoms with Crippen molar-refractivity contribution in [1.82, 2.24) is 0 Å². The smallest absolute Gasteiger partial charge is 0.309 e. The van der Waals surface area contributed by atoms with Crippen molar-refractivity contribution in [3.8, 4) is 0 Å².